The van der Waals surface area contributed by atoms with E-state index in [2.05, 4.69) is 0 Å². The van der Waals surface area contributed by atoms with Gasteiger partial charge in [-0.25, -0.2) is 4.39 Å². The van der Waals surface area contributed by atoms with Gasteiger partial charge in [0.05, 0.1) is 5.57 Å². The summed E-state index contributed by atoms with van der Waals surface area (Å²) in [7, 11) is 0. The lowest BCUT2D eigenvalue weighted by Crippen LogP contribution is -2.13. The van der Waals surface area contributed by atoms with Gasteiger partial charge in [-0.05, 0) is 60.5 Å². The van der Waals surface area contributed by atoms with Crippen molar-refractivity contribution in [2.45, 2.75) is 13.1 Å². The summed E-state index contributed by atoms with van der Waals surface area (Å²) in [6, 6.07) is 6.75. The van der Waals surface area contributed by atoms with Crippen LogP contribution in [0.15, 0.2) is 42.5 Å². The zero-order valence-corrected chi connectivity index (χ0v) is 13.7. The third kappa shape index (κ3) is 4.36. The maximum absolute atomic E-state index is 13.3. The molecule has 0 aliphatic carbocycles. The molecule has 0 bridgehead atoms. The second-order valence-corrected chi connectivity index (χ2v) is 5.91. The van der Waals surface area contributed by atoms with E-state index < -0.39 is 23.3 Å². The van der Waals surface area contributed by atoms with Crippen molar-refractivity contribution in [1.82, 2.24) is 0 Å². The summed E-state index contributed by atoms with van der Waals surface area (Å²) in [6.07, 6.45) is -4.34. The average molecular weight is 377 g/mol. The molecular weight excluding hydrogens is 367 g/mol. The van der Waals surface area contributed by atoms with Gasteiger partial charge < -0.3 is 0 Å². The van der Waals surface area contributed by atoms with Crippen molar-refractivity contribution in [3.63, 3.8) is 0 Å². The molecular formula is C17H10Cl2F4O. The third-order valence-electron chi connectivity index (χ3n) is 3.20. The molecule has 0 radical (unpaired) electrons. The van der Waals surface area contributed by atoms with Crippen LogP contribution in [0.2, 0.25) is 10.0 Å². The Balaban J connectivity index is 2.53. The Morgan fingerprint density at radius 1 is 1.00 bits per heavy atom. The van der Waals surface area contributed by atoms with Gasteiger partial charge in [0.25, 0.3) is 0 Å². The predicted molar refractivity (Wildman–Crippen MR) is 86.0 cm³/mol. The van der Waals surface area contributed by atoms with Crippen LogP contribution in [0.25, 0.3) is 5.57 Å². The van der Waals surface area contributed by atoms with Crippen LogP contribution in [-0.4, -0.2) is 12.0 Å². The number of rotatable bonds is 3. The molecule has 126 valence electrons. The maximum Gasteiger partial charge on any atom is 0.417 e. The van der Waals surface area contributed by atoms with E-state index in [9.17, 15) is 22.4 Å². The molecule has 0 atom stereocenters. The van der Waals surface area contributed by atoms with Crippen LogP contribution < -0.4 is 0 Å². The lowest BCUT2D eigenvalue weighted by molar-refractivity contribution is -0.0689. The van der Waals surface area contributed by atoms with E-state index in [-0.39, 0.29) is 26.7 Å². The van der Waals surface area contributed by atoms with Crippen LogP contribution in [0.3, 0.4) is 0 Å². The first-order chi connectivity index (χ1) is 11.1. The molecule has 0 aromatic heterocycles. The van der Waals surface area contributed by atoms with Gasteiger partial charge in [-0.1, -0.05) is 23.2 Å². The van der Waals surface area contributed by atoms with Crippen molar-refractivity contribution in [1.29, 1.82) is 0 Å². The predicted octanol–water partition coefficient (Wildman–Crippen LogP) is 6.27. The summed E-state index contributed by atoms with van der Waals surface area (Å²) in [6.45, 7) is 1.41. The normalized spacial score (nSPS) is 12.4. The molecule has 0 heterocycles. The number of carbonyl (C=O) groups is 1. The molecule has 0 spiro atoms. The van der Waals surface area contributed by atoms with Gasteiger partial charge in [0.1, 0.15) is 5.82 Å². The van der Waals surface area contributed by atoms with Crippen LogP contribution in [0.4, 0.5) is 17.6 Å². The number of ketones is 1. The fourth-order valence-electron chi connectivity index (χ4n) is 2.05. The average Bonchev–Trinajstić information content (AvgIpc) is 2.45. The van der Waals surface area contributed by atoms with E-state index in [1.54, 1.807) is 0 Å². The number of carbonyl (C=O) groups excluding carboxylic acids is 1. The molecule has 0 fully saturated rings. The molecule has 2 aromatic carbocycles. The lowest BCUT2D eigenvalue weighted by Gasteiger charge is -2.13. The fraction of sp³-hybridized carbons (Fsp3) is 0.118. The van der Waals surface area contributed by atoms with Gasteiger partial charge in [-0.3, -0.25) is 4.79 Å². The van der Waals surface area contributed by atoms with Crippen molar-refractivity contribution < 1.29 is 22.4 Å². The van der Waals surface area contributed by atoms with E-state index in [1.807, 2.05) is 0 Å². The molecule has 0 amide bonds. The number of benzene rings is 2. The summed E-state index contributed by atoms with van der Waals surface area (Å²) in [5.74, 6) is -1.45. The minimum absolute atomic E-state index is 0.0118. The van der Waals surface area contributed by atoms with Crippen molar-refractivity contribution in [3.05, 3.63) is 75.0 Å². The SMILES string of the molecule is Cc1cc(C(=O)/C=C(/c2cc(Cl)cc(Cl)c2)C(F)(F)F)ccc1F. The summed E-state index contributed by atoms with van der Waals surface area (Å²) in [5, 5.41) is 0.0236. The Morgan fingerprint density at radius 2 is 1.58 bits per heavy atom. The zero-order valence-electron chi connectivity index (χ0n) is 12.2. The highest BCUT2D eigenvalue weighted by Gasteiger charge is 2.35. The number of aryl methyl sites for hydroxylation is 1. The summed E-state index contributed by atoms with van der Waals surface area (Å²) < 4.78 is 53.2. The van der Waals surface area contributed by atoms with Gasteiger partial charge in [0.15, 0.2) is 5.78 Å². The van der Waals surface area contributed by atoms with E-state index in [0.717, 1.165) is 24.3 Å². The van der Waals surface area contributed by atoms with Crippen LogP contribution >= 0.6 is 23.2 Å². The molecule has 0 N–H and O–H groups in total. The van der Waals surface area contributed by atoms with Crippen LogP contribution in [0, 0.1) is 12.7 Å². The van der Waals surface area contributed by atoms with Crippen LogP contribution in [0.1, 0.15) is 21.5 Å². The van der Waals surface area contributed by atoms with Crippen LogP contribution in [-0.2, 0) is 0 Å². The maximum atomic E-state index is 13.3. The van der Waals surface area contributed by atoms with Gasteiger partial charge in [-0.2, -0.15) is 13.2 Å². The van der Waals surface area contributed by atoms with Crippen LogP contribution in [0.5, 0.6) is 0 Å². The van der Waals surface area contributed by atoms with Gasteiger partial charge in [0, 0.05) is 15.6 Å². The van der Waals surface area contributed by atoms with Gasteiger partial charge in [-0.15, -0.1) is 0 Å². The molecule has 2 aromatic rings. The molecule has 7 heteroatoms. The van der Waals surface area contributed by atoms with Gasteiger partial charge >= 0.3 is 6.18 Å². The summed E-state index contributed by atoms with van der Waals surface area (Å²) in [5.41, 5.74) is -1.40. The molecule has 0 aliphatic rings. The Morgan fingerprint density at radius 3 is 2.08 bits per heavy atom. The monoisotopic (exact) mass is 376 g/mol. The highest BCUT2D eigenvalue weighted by atomic mass is 35.5. The van der Waals surface area contributed by atoms with Crippen molar-refractivity contribution in [2.75, 3.05) is 0 Å². The van der Waals surface area contributed by atoms with E-state index in [4.69, 9.17) is 23.2 Å². The first-order valence-corrected chi connectivity index (χ1v) is 7.39. The Bertz CT molecular complexity index is 806. The molecule has 1 nitrogen and oxygen atoms in total. The molecule has 0 aliphatic heterocycles. The first kappa shape index (κ1) is 18.5. The fourth-order valence-corrected chi connectivity index (χ4v) is 2.58. The van der Waals surface area contributed by atoms with E-state index >= 15 is 0 Å². The highest BCUT2D eigenvalue weighted by molar-refractivity contribution is 6.35. The molecule has 24 heavy (non-hydrogen) atoms. The number of hydrogen-bond donors (Lipinski definition) is 0. The largest absolute Gasteiger partial charge is 0.417 e. The second-order valence-electron chi connectivity index (χ2n) is 5.04. The Labute approximate surface area is 145 Å². The molecule has 0 saturated heterocycles. The van der Waals surface area contributed by atoms with Crippen molar-refractivity contribution in [3.8, 4) is 0 Å². The van der Waals surface area contributed by atoms with Crippen molar-refractivity contribution in [2.24, 2.45) is 0 Å². The second kappa shape index (κ2) is 6.95. The molecule has 0 saturated carbocycles. The lowest BCUT2D eigenvalue weighted by atomic mass is 10.0. The number of alkyl halides is 3. The Hall–Kier alpha value is -1.85. The quantitative estimate of drug-likeness (QED) is 0.350. The zero-order chi connectivity index (χ0) is 18.1. The Kier molecular flexibility index (Phi) is 5.35. The number of allylic oxidation sites excluding steroid dienone is 2. The minimum Gasteiger partial charge on any atom is -0.289 e. The highest BCUT2D eigenvalue weighted by Crippen LogP contribution is 2.36. The minimum atomic E-state index is -4.79. The van der Waals surface area contributed by atoms with E-state index in [1.165, 1.54) is 19.1 Å². The van der Waals surface area contributed by atoms with Crippen molar-refractivity contribution >= 4 is 34.6 Å². The summed E-state index contributed by atoms with van der Waals surface area (Å²) >= 11 is 11.5. The topological polar surface area (TPSA) is 17.1 Å². The number of halogens is 6. The standard InChI is InChI=1S/C17H10Cl2F4O/c1-9-4-10(2-3-15(9)20)16(24)8-14(17(21,22)23)11-5-12(18)7-13(19)6-11/h2-8H,1H3/b14-8-. The molecule has 0 unspecified atom stereocenters. The first-order valence-electron chi connectivity index (χ1n) is 6.64. The van der Waals surface area contributed by atoms with Gasteiger partial charge in [0.2, 0.25) is 0 Å². The smallest absolute Gasteiger partial charge is 0.289 e. The van der Waals surface area contributed by atoms with E-state index in [0.29, 0.717) is 6.08 Å². The molecule has 2 rings (SSSR count). The summed E-state index contributed by atoms with van der Waals surface area (Å²) in [4.78, 5) is 12.1. The number of hydrogen-bond acceptors (Lipinski definition) is 1. The third-order valence-corrected chi connectivity index (χ3v) is 3.63.